The largest absolute Gasteiger partial charge is 0.496 e. The molecule has 0 atom stereocenters. The van der Waals surface area contributed by atoms with Gasteiger partial charge < -0.3 is 9.15 Å². The fourth-order valence-electron chi connectivity index (χ4n) is 3.61. The summed E-state index contributed by atoms with van der Waals surface area (Å²) in [7, 11) is -2.22. The first kappa shape index (κ1) is 20.8. The molecule has 158 valence electrons. The molecule has 0 unspecified atom stereocenters. The van der Waals surface area contributed by atoms with Crippen LogP contribution in [0.15, 0.2) is 80.8 Å². The van der Waals surface area contributed by atoms with Gasteiger partial charge in [-0.2, -0.15) is 0 Å². The van der Waals surface area contributed by atoms with Crippen molar-refractivity contribution in [3.05, 3.63) is 82.5 Å². The second kappa shape index (κ2) is 8.02. The van der Waals surface area contributed by atoms with E-state index < -0.39 is 10.0 Å². The molecule has 31 heavy (non-hydrogen) atoms. The monoisotopic (exact) mass is 435 g/mol. The smallest absolute Gasteiger partial charge is 0.238 e. The summed E-state index contributed by atoms with van der Waals surface area (Å²) in [6, 6.07) is 18.6. The molecule has 0 aliphatic carbocycles. The van der Waals surface area contributed by atoms with Gasteiger partial charge in [-0.25, -0.2) is 13.6 Å². The first-order chi connectivity index (χ1) is 14.8. The minimum Gasteiger partial charge on any atom is -0.496 e. The van der Waals surface area contributed by atoms with Crippen LogP contribution in [-0.2, 0) is 16.4 Å². The van der Waals surface area contributed by atoms with Crippen molar-refractivity contribution in [1.82, 2.24) is 0 Å². The van der Waals surface area contributed by atoms with Crippen molar-refractivity contribution in [1.29, 1.82) is 0 Å². The van der Waals surface area contributed by atoms with Gasteiger partial charge in [0.15, 0.2) is 0 Å². The second-order valence-electron chi connectivity index (χ2n) is 7.08. The van der Waals surface area contributed by atoms with Crippen LogP contribution in [0.4, 0.5) is 0 Å². The van der Waals surface area contributed by atoms with Crippen molar-refractivity contribution in [3.8, 4) is 28.2 Å². The topological polar surface area (TPSA) is 99.6 Å². The minimum absolute atomic E-state index is 0.0151. The predicted octanol–water partition coefficient (Wildman–Crippen LogP) is 4.35. The minimum atomic E-state index is -3.83. The number of ether oxygens (including phenoxy) is 1. The maximum Gasteiger partial charge on any atom is 0.238 e. The average Bonchev–Trinajstić information content (AvgIpc) is 2.78. The Morgan fingerprint density at radius 3 is 2.29 bits per heavy atom. The molecule has 4 rings (SSSR count). The summed E-state index contributed by atoms with van der Waals surface area (Å²) >= 11 is 0. The van der Waals surface area contributed by atoms with Gasteiger partial charge in [0, 0.05) is 5.56 Å². The molecule has 1 aromatic heterocycles. The fourth-order valence-corrected chi connectivity index (χ4v) is 4.13. The van der Waals surface area contributed by atoms with Crippen molar-refractivity contribution in [3.63, 3.8) is 0 Å². The van der Waals surface area contributed by atoms with E-state index in [0.717, 1.165) is 17.7 Å². The van der Waals surface area contributed by atoms with Crippen LogP contribution >= 0.6 is 0 Å². The maximum absolute atomic E-state index is 13.5. The molecule has 0 bridgehead atoms. The van der Waals surface area contributed by atoms with Crippen molar-refractivity contribution >= 4 is 21.0 Å². The van der Waals surface area contributed by atoms with E-state index in [2.05, 4.69) is 0 Å². The third-order valence-corrected chi connectivity index (χ3v) is 6.12. The Morgan fingerprint density at radius 1 is 0.968 bits per heavy atom. The van der Waals surface area contributed by atoms with Crippen LogP contribution < -0.4 is 15.3 Å². The summed E-state index contributed by atoms with van der Waals surface area (Å²) in [5.41, 5.74) is 2.91. The Balaban J connectivity index is 2.02. The Kier molecular flexibility index (Phi) is 5.39. The van der Waals surface area contributed by atoms with E-state index in [1.807, 2.05) is 25.1 Å². The molecule has 0 amide bonds. The normalized spacial score (nSPS) is 11.6. The number of nitrogens with two attached hydrogens (primary N) is 1. The highest BCUT2D eigenvalue weighted by molar-refractivity contribution is 7.89. The summed E-state index contributed by atoms with van der Waals surface area (Å²) in [6.45, 7) is 2.01. The van der Waals surface area contributed by atoms with Crippen LogP contribution in [0.3, 0.4) is 0 Å². The highest BCUT2D eigenvalue weighted by Crippen LogP contribution is 2.35. The lowest BCUT2D eigenvalue weighted by atomic mass is 9.96. The Morgan fingerprint density at radius 2 is 1.65 bits per heavy atom. The van der Waals surface area contributed by atoms with Crippen LogP contribution in [0.5, 0.6) is 5.75 Å². The summed E-state index contributed by atoms with van der Waals surface area (Å²) in [6.07, 6.45) is 0.730. The number of para-hydroxylation sites is 1. The number of sulfonamides is 1. The highest BCUT2D eigenvalue weighted by Gasteiger charge is 2.19. The zero-order valence-electron chi connectivity index (χ0n) is 17.1. The Labute approximate surface area is 180 Å². The Bertz CT molecular complexity index is 1440. The van der Waals surface area contributed by atoms with Crippen molar-refractivity contribution in [2.75, 3.05) is 7.11 Å². The molecule has 0 spiro atoms. The zero-order valence-corrected chi connectivity index (χ0v) is 17.9. The first-order valence-electron chi connectivity index (χ1n) is 9.70. The van der Waals surface area contributed by atoms with Crippen molar-refractivity contribution < 1.29 is 17.6 Å². The fraction of sp³-hybridized carbons (Fsp3) is 0.125. The lowest BCUT2D eigenvalue weighted by Crippen LogP contribution is -2.12. The summed E-state index contributed by atoms with van der Waals surface area (Å²) in [5, 5.41) is 5.68. The van der Waals surface area contributed by atoms with Gasteiger partial charge in [0.1, 0.15) is 17.1 Å². The number of rotatable bonds is 5. The number of methoxy groups -OCH3 is 1. The van der Waals surface area contributed by atoms with Crippen LogP contribution in [0.1, 0.15) is 12.5 Å². The van der Waals surface area contributed by atoms with Gasteiger partial charge in [-0.05, 0) is 66.1 Å². The number of hydrogen-bond donors (Lipinski definition) is 1. The van der Waals surface area contributed by atoms with Gasteiger partial charge in [-0.1, -0.05) is 25.1 Å². The quantitative estimate of drug-likeness (QED) is 0.502. The second-order valence-corrected chi connectivity index (χ2v) is 8.64. The number of hydrogen-bond acceptors (Lipinski definition) is 5. The molecule has 0 radical (unpaired) electrons. The van der Waals surface area contributed by atoms with E-state index >= 15 is 0 Å². The Hall–Kier alpha value is -3.42. The van der Waals surface area contributed by atoms with Crippen LogP contribution in [0.2, 0.25) is 0 Å². The first-order valence-corrected chi connectivity index (χ1v) is 11.2. The summed E-state index contributed by atoms with van der Waals surface area (Å²) in [5.74, 6) is 1.10. The summed E-state index contributed by atoms with van der Waals surface area (Å²) < 4.78 is 34.8. The molecule has 0 fully saturated rings. The summed E-state index contributed by atoms with van der Waals surface area (Å²) in [4.78, 5) is 13.5. The molecular formula is C24H21NO5S. The van der Waals surface area contributed by atoms with Gasteiger partial charge in [0.05, 0.1) is 23.0 Å². The van der Waals surface area contributed by atoms with Gasteiger partial charge in [-0.15, -0.1) is 0 Å². The van der Waals surface area contributed by atoms with E-state index in [-0.39, 0.29) is 10.3 Å². The standard InChI is InChI=1S/C24H21NO5S/c1-3-15-14-17(10-13-20(15)29-2)22-23(26)19-6-4-5-7-21(19)30-24(22)16-8-11-18(12-9-16)31(25,27)28/h4-14H,3H2,1-2H3,(H2,25,27,28). The predicted molar refractivity (Wildman–Crippen MR) is 121 cm³/mol. The van der Waals surface area contributed by atoms with E-state index in [1.165, 1.54) is 12.1 Å². The molecule has 4 aromatic rings. The van der Waals surface area contributed by atoms with Crippen molar-refractivity contribution in [2.24, 2.45) is 5.14 Å². The van der Waals surface area contributed by atoms with Crippen LogP contribution in [0, 0.1) is 0 Å². The number of fused-ring (bicyclic) bond motifs is 1. The van der Waals surface area contributed by atoms with Crippen molar-refractivity contribution in [2.45, 2.75) is 18.2 Å². The van der Waals surface area contributed by atoms with E-state index in [0.29, 0.717) is 33.4 Å². The van der Waals surface area contributed by atoms with Crippen LogP contribution in [-0.4, -0.2) is 15.5 Å². The maximum atomic E-state index is 13.5. The van der Waals surface area contributed by atoms with Gasteiger partial charge in [0.25, 0.3) is 0 Å². The van der Waals surface area contributed by atoms with E-state index in [1.54, 1.807) is 43.5 Å². The lowest BCUT2D eigenvalue weighted by Gasteiger charge is -2.13. The zero-order chi connectivity index (χ0) is 22.2. The number of benzene rings is 3. The third kappa shape index (κ3) is 3.85. The van der Waals surface area contributed by atoms with Gasteiger partial charge in [0.2, 0.25) is 15.5 Å². The molecule has 3 aromatic carbocycles. The van der Waals surface area contributed by atoms with Crippen LogP contribution in [0.25, 0.3) is 33.4 Å². The number of aryl methyl sites for hydroxylation is 1. The SMILES string of the molecule is CCc1cc(-c2c(-c3ccc(S(N)(=O)=O)cc3)oc3ccccc3c2=O)ccc1OC. The molecule has 7 heteroatoms. The van der Waals surface area contributed by atoms with E-state index in [4.69, 9.17) is 14.3 Å². The molecule has 0 aliphatic rings. The molecule has 0 saturated heterocycles. The molecular weight excluding hydrogens is 414 g/mol. The number of primary sulfonamides is 1. The lowest BCUT2D eigenvalue weighted by molar-refractivity contribution is 0.410. The highest BCUT2D eigenvalue weighted by atomic mass is 32.2. The molecule has 0 saturated carbocycles. The van der Waals surface area contributed by atoms with Gasteiger partial charge in [-0.3, -0.25) is 4.79 Å². The third-order valence-electron chi connectivity index (χ3n) is 5.19. The molecule has 0 aliphatic heterocycles. The molecule has 6 nitrogen and oxygen atoms in total. The molecule has 2 N–H and O–H groups in total. The molecule has 1 heterocycles. The van der Waals surface area contributed by atoms with E-state index in [9.17, 15) is 13.2 Å². The van der Waals surface area contributed by atoms with Gasteiger partial charge >= 0.3 is 0 Å². The average molecular weight is 436 g/mol.